The third-order valence-electron chi connectivity index (χ3n) is 4.04. The number of carbonyl (C=O) groups excluding carboxylic acids is 2. The Balaban J connectivity index is 1.83. The molecule has 5 heteroatoms. The number of nitrogens with one attached hydrogen (secondary N) is 1. The number of fused-ring (bicyclic) bond motifs is 1. The van der Waals surface area contributed by atoms with Crippen molar-refractivity contribution < 1.29 is 9.59 Å². The van der Waals surface area contributed by atoms with Crippen LogP contribution in [0.15, 0.2) is 66.7 Å². The lowest BCUT2D eigenvalue weighted by Gasteiger charge is -2.16. The number of hydrogen-bond acceptors (Lipinski definition) is 2. The van der Waals surface area contributed by atoms with E-state index in [0.29, 0.717) is 17.0 Å². The van der Waals surface area contributed by atoms with E-state index in [-0.39, 0.29) is 5.91 Å². The number of nitrogens with two attached hydrogens (primary N) is 1. The van der Waals surface area contributed by atoms with Gasteiger partial charge in [-0.2, -0.15) is 0 Å². The first-order chi connectivity index (χ1) is 12.0. The monoisotopic (exact) mass is 352 g/mol. The van der Waals surface area contributed by atoms with Crippen molar-refractivity contribution in [2.24, 2.45) is 5.73 Å². The van der Waals surface area contributed by atoms with Crippen molar-refractivity contribution in [3.63, 3.8) is 0 Å². The van der Waals surface area contributed by atoms with Crippen LogP contribution in [0.2, 0.25) is 5.02 Å². The van der Waals surface area contributed by atoms with Gasteiger partial charge in [-0.3, -0.25) is 9.59 Å². The SMILES string of the molecule is NC(=O)[C@H](Cc1ccc(Cl)cc1)NC(=O)c1cccc2ccccc12. The zero-order valence-electron chi connectivity index (χ0n) is 13.4. The fraction of sp³-hybridized carbons (Fsp3) is 0.100. The molecular weight excluding hydrogens is 336 g/mol. The molecule has 0 aliphatic carbocycles. The van der Waals surface area contributed by atoms with Crippen molar-refractivity contribution in [3.8, 4) is 0 Å². The van der Waals surface area contributed by atoms with E-state index in [1.807, 2.05) is 48.5 Å². The molecule has 126 valence electrons. The molecule has 0 aliphatic heterocycles. The fourth-order valence-corrected chi connectivity index (χ4v) is 2.86. The van der Waals surface area contributed by atoms with Crippen molar-refractivity contribution in [1.29, 1.82) is 0 Å². The van der Waals surface area contributed by atoms with Crippen LogP contribution in [0, 0.1) is 0 Å². The molecular formula is C20H17ClN2O2. The van der Waals surface area contributed by atoms with E-state index in [9.17, 15) is 9.59 Å². The fourth-order valence-electron chi connectivity index (χ4n) is 2.74. The quantitative estimate of drug-likeness (QED) is 0.739. The Bertz CT molecular complexity index is 917. The third kappa shape index (κ3) is 3.98. The van der Waals surface area contributed by atoms with Crippen LogP contribution in [-0.2, 0) is 11.2 Å². The number of rotatable bonds is 5. The second kappa shape index (κ2) is 7.36. The lowest BCUT2D eigenvalue weighted by molar-refractivity contribution is -0.119. The topological polar surface area (TPSA) is 72.2 Å². The molecule has 3 aromatic carbocycles. The summed E-state index contributed by atoms with van der Waals surface area (Å²) in [5.41, 5.74) is 6.86. The van der Waals surface area contributed by atoms with E-state index in [1.54, 1.807) is 18.2 Å². The molecule has 0 saturated heterocycles. The highest BCUT2D eigenvalue weighted by Crippen LogP contribution is 2.19. The smallest absolute Gasteiger partial charge is 0.252 e. The number of carbonyl (C=O) groups is 2. The summed E-state index contributed by atoms with van der Waals surface area (Å²) < 4.78 is 0. The molecule has 0 saturated carbocycles. The summed E-state index contributed by atoms with van der Waals surface area (Å²) in [6.07, 6.45) is 0.309. The molecule has 0 spiro atoms. The van der Waals surface area contributed by atoms with Crippen molar-refractivity contribution in [2.75, 3.05) is 0 Å². The van der Waals surface area contributed by atoms with Crippen molar-refractivity contribution in [2.45, 2.75) is 12.5 Å². The zero-order chi connectivity index (χ0) is 17.8. The van der Waals surface area contributed by atoms with Crippen LogP contribution in [0.1, 0.15) is 15.9 Å². The molecule has 0 bridgehead atoms. The Kier molecular flexibility index (Phi) is 5.00. The maximum atomic E-state index is 12.7. The number of hydrogen-bond donors (Lipinski definition) is 2. The predicted molar refractivity (Wildman–Crippen MR) is 99.6 cm³/mol. The second-order valence-corrected chi connectivity index (χ2v) is 6.22. The van der Waals surface area contributed by atoms with E-state index in [4.69, 9.17) is 17.3 Å². The minimum Gasteiger partial charge on any atom is -0.368 e. The van der Waals surface area contributed by atoms with Gasteiger partial charge in [0.2, 0.25) is 5.91 Å². The maximum absolute atomic E-state index is 12.7. The van der Waals surface area contributed by atoms with Crippen LogP contribution in [0.5, 0.6) is 0 Å². The lowest BCUT2D eigenvalue weighted by atomic mass is 10.0. The van der Waals surface area contributed by atoms with Crippen molar-refractivity contribution in [1.82, 2.24) is 5.32 Å². The van der Waals surface area contributed by atoms with Gasteiger partial charge in [0, 0.05) is 17.0 Å². The first-order valence-electron chi connectivity index (χ1n) is 7.87. The molecule has 0 heterocycles. The van der Waals surface area contributed by atoms with E-state index < -0.39 is 11.9 Å². The highest BCUT2D eigenvalue weighted by atomic mass is 35.5. The molecule has 1 atom stereocenters. The number of amides is 2. The molecule has 2 amide bonds. The van der Waals surface area contributed by atoms with Crippen LogP contribution in [0.4, 0.5) is 0 Å². The van der Waals surface area contributed by atoms with Crippen molar-refractivity contribution in [3.05, 3.63) is 82.9 Å². The van der Waals surface area contributed by atoms with Gasteiger partial charge >= 0.3 is 0 Å². The predicted octanol–water partition coefficient (Wildman–Crippen LogP) is 3.32. The van der Waals surface area contributed by atoms with E-state index in [0.717, 1.165) is 16.3 Å². The van der Waals surface area contributed by atoms with Gasteiger partial charge in [0.15, 0.2) is 0 Å². The summed E-state index contributed by atoms with van der Waals surface area (Å²) in [6.45, 7) is 0. The van der Waals surface area contributed by atoms with E-state index in [2.05, 4.69) is 5.32 Å². The van der Waals surface area contributed by atoms with Gasteiger partial charge in [0.1, 0.15) is 6.04 Å². The molecule has 0 aromatic heterocycles. The minimum atomic E-state index is -0.798. The molecule has 0 unspecified atom stereocenters. The first-order valence-corrected chi connectivity index (χ1v) is 8.25. The van der Waals surface area contributed by atoms with Crippen molar-refractivity contribution >= 4 is 34.2 Å². The number of primary amides is 1. The molecule has 0 fully saturated rings. The van der Waals surface area contributed by atoms with Gasteiger partial charge in [-0.1, -0.05) is 60.1 Å². The summed E-state index contributed by atoms with van der Waals surface area (Å²) in [7, 11) is 0. The normalized spacial score (nSPS) is 11.9. The van der Waals surface area contributed by atoms with Crippen LogP contribution >= 0.6 is 11.6 Å². The Morgan fingerprint density at radius 3 is 2.36 bits per heavy atom. The molecule has 25 heavy (non-hydrogen) atoms. The Labute approximate surface area is 150 Å². The molecule has 3 aromatic rings. The molecule has 3 N–H and O–H groups in total. The van der Waals surface area contributed by atoms with E-state index in [1.165, 1.54) is 0 Å². The summed E-state index contributed by atoms with van der Waals surface area (Å²) >= 11 is 5.87. The first kappa shape index (κ1) is 17.0. The highest BCUT2D eigenvalue weighted by Gasteiger charge is 2.20. The average molecular weight is 353 g/mol. The highest BCUT2D eigenvalue weighted by molar-refractivity contribution is 6.30. The number of benzene rings is 3. The summed E-state index contributed by atoms with van der Waals surface area (Å²) in [5, 5.41) is 5.14. The summed E-state index contributed by atoms with van der Waals surface area (Å²) in [4.78, 5) is 24.5. The van der Waals surface area contributed by atoms with Gasteiger partial charge in [0.25, 0.3) is 5.91 Å². The molecule has 0 aliphatic rings. The maximum Gasteiger partial charge on any atom is 0.252 e. The minimum absolute atomic E-state index is 0.309. The third-order valence-corrected chi connectivity index (χ3v) is 4.29. The van der Waals surface area contributed by atoms with Gasteiger partial charge < -0.3 is 11.1 Å². The Morgan fingerprint density at radius 2 is 1.64 bits per heavy atom. The summed E-state index contributed by atoms with van der Waals surface area (Å²) in [5.74, 6) is -0.905. The summed E-state index contributed by atoms with van der Waals surface area (Å²) in [6, 6.07) is 19.4. The Hall–Kier alpha value is -2.85. The molecule has 4 nitrogen and oxygen atoms in total. The largest absolute Gasteiger partial charge is 0.368 e. The average Bonchev–Trinajstić information content (AvgIpc) is 2.62. The van der Waals surface area contributed by atoms with Crippen LogP contribution < -0.4 is 11.1 Å². The van der Waals surface area contributed by atoms with Gasteiger partial charge in [-0.25, -0.2) is 0 Å². The Morgan fingerprint density at radius 1 is 0.960 bits per heavy atom. The van der Waals surface area contributed by atoms with Crippen LogP contribution in [-0.4, -0.2) is 17.9 Å². The van der Waals surface area contributed by atoms with Crippen LogP contribution in [0.3, 0.4) is 0 Å². The van der Waals surface area contributed by atoms with Crippen LogP contribution in [0.25, 0.3) is 10.8 Å². The van der Waals surface area contributed by atoms with Gasteiger partial charge in [0.05, 0.1) is 0 Å². The molecule has 0 radical (unpaired) electrons. The second-order valence-electron chi connectivity index (χ2n) is 5.79. The number of halogens is 1. The van der Waals surface area contributed by atoms with Gasteiger partial charge in [-0.05, 0) is 34.5 Å². The lowest BCUT2D eigenvalue weighted by Crippen LogP contribution is -2.45. The zero-order valence-corrected chi connectivity index (χ0v) is 14.2. The standard InChI is InChI=1S/C20H17ClN2O2/c21-15-10-8-13(9-11-15)12-18(19(22)24)23-20(25)17-7-3-5-14-4-1-2-6-16(14)17/h1-11,18H,12H2,(H2,22,24)(H,23,25)/t18-/m0/s1. The molecule has 3 rings (SSSR count). The van der Waals surface area contributed by atoms with Gasteiger partial charge in [-0.15, -0.1) is 0 Å². The van der Waals surface area contributed by atoms with E-state index >= 15 is 0 Å².